The lowest BCUT2D eigenvalue weighted by atomic mass is 10.2. The van der Waals surface area contributed by atoms with Gasteiger partial charge >= 0.3 is 0 Å². The highest BCUT2D eigenvalue weighted by Gasteiger charge is 1.96. The van der Waals surface area contributed by atoms with Gasteiger partial charge in [0.1, 0.15) is 12.2 Å². The lowest BCUT2D eigenvalue weighted by Crippen LogP contribution is -1.95. The van der Waals surface area contributed by atoms with Gasteiger partial charge in [-0.2, -0.15) is 0 Å². The molecule has 1 heterocycles. The maximum Gasteiger partial charge on any atom is 0.161 e. The molecule has 5 heteroatoms. The van der Waals surface area contributed by atoms with E-state index in [9.17, 15) is 4.79 Å². The van der Waals surface area contributed by atoms with Gasteiger partial charge in [-0.1, -0.05) is 0 Å². The first kappa shape index (κ1) is 12.0. The van der Waals surface area contributed by atoms with Crippen molar-refractivity contribution in [1.82, 2.24) is 4.98 Å². The molecule has 0 atom stereocenters. The molecule has 0 radical (unpaired) electrons. The SMILES string of the molecule is C=NC=N.CC(=O)c1ccc(N)nc1. The molecule has 0 aliphatic heterocycles. The van der Waals surface area contributed by atoms with Crippen molar-refractivity contribution in [3.05, 3.63) is 23.9 Å². The highest BCUT2D eigenvalue weighted by atomic mass is 16.1. The molecule has 0 amide bonds. The van der Waals surface area contributed by atoms with Gasteiger partial charge < -0.3 is 5.73 Å². The Morgan fingerprint density at radius 2 is 2.29 bits per heavy atom. The van der Waals surface area contributed by atoms with Crippen LogP contribution in [0.25, 0.3) is 0 Å². The van der Waals surface area contributed by atoms with Crippen molar-refractivity contribution in [2.24, 2.45) is 4.99 Å². The number of hydrogen-bond acceptors (Lipinski definition) is 4. The number of Topliss-reactive ketones (excluding diaryl/α,β-unsaturated/α-hetero) is 1. The zero-order chi connectivity index (χ0) is 11.0. The van der Waals surface area contributed by atoms with Crippen LogP contribution in [0.1, 0.15) is 17.3 Å². The second-order valence-corrected chi connectivity index (χ2v) is 2.34. The van der Waals surface area contributed by atoms with Crippen LogP contribution >= 0.6 is 0 Å². The van der Waals surface area contributed by atoms with Crippen LogP contribution in [0.2, 0.25) is 0 Å². The van der Waals surface area contributed by atoms with Crippen LogP contribution in [-0.4, -0.2) is 23.8 Å². The Morgan fingerprint density at radius 3 is 2.57 bits per heavy atom. The summed E-state index contributed by atoms with van der Waals surface area (Å²) < 4.78 is 0. The molecule has 0 unspecified atom stereocenters. The summed E-state index contributed by atoms with van der Waals surface area (Å²) in [5.41, 5.74) is 5.90. The van der Waals surface area contributed by atoms with Crippen molar-refractivity contribution >= 4 is 24.7 Å². The van der Waals surface area contributed by atoms with E-state index in [1.165, 1.54) is 13.1 Å². The first-order chi connectivity index (χ1) is 6.61. The minimum absolute atomic E-state index is 0.00694. The Balaban J connectivity index is 0.000000364. The van der Waals surface area contributed by atoms with Crippen molar-refractivity contribution < 1.29 is 4.79 Å². The molecule has 0 spiro atoms. The maximum absolute atomic E-state index is 10.7. The molecular formula is C9H12N4O. The normalized spacial score (nSPS) is 8.07. The summed E-state index contributed by atoms with van der Waals surface area (Å²) in [6.07, 6.45) is 2.36. The third-order valence-electron chi connectivity index (χ3n) is 1.28. The third-order valence-corrected chi connectivity index (χ3v) is 1.28. The largest absolute Gasteiger partial charge is 0.384 e. The van der Waals surface area contributed by atoms with E-state index in [1.807, 2.05) is 0 Å². The number of pyridine rings is 1. The maximum atomic E-state index is 10.7. The first-order valence-electron chi connectivity index (χ1n) is 3.79. The van der Waals surface area contributed by atoms with Crippen molar-refractivity contribution in [2.45, 2.75) is 6.92 Å². The molecule has 1 rings (SSSR count). The number of nitrogens with two attached hydrogens (primary N) is 1. The van der Waals surface area contributed by atoms with Gasteiger partial charge in [0.15, 0.2) is 5.78 Å². The zero-order valence-electron chi connectivity index (χ0n) is 7.90. The molecule has 74 valence electrons. The fourth-order valence-corrected chi connectivity index (χ4v) is 0.614. The number of aliphatic imine (C=N–C) groups is 1. The lowest BCUT2D eigenvalue weighted by Gasteiger charge is -1.93. The van der Waals surface area contributed by atoms with Crippen LogP contribution < -0.4 is 5.73 Å². The van der Waals surface area contributed by atoms with Crippen molar-refractivity contribution in [3.8, 4) is 0 Å². The van der Waals surface area contributed by atoms with Crippen LogP contribution in [0.4, 0.5) is 5.82 Å². The average molecular weight is 192 g/mol. The van der Waals surface area contributed by atoms with Crippen molar-refractivity contribution in [2.75, 3.05) is 5.73 Å². The highest BCUT2D eigenvalue weighted by Crippen LogP contribution is 2.00. The summed E-state index contributed by atoms with van der Waals surface area (Å²) in [5.74, 6) is 0.442. The number of anilines is 1. The number of hydrogen-bond donors (Lipinski definition) is 2. The number of nitrogens with zero attached hydrogens (tertiary/aromatic N) is 2. The molecule has 0 fully saturated rings. The van der Waals surface area contributed by atoms with Crippen molar-refractivity contribution in [3.63, 3.8) is 0 Å². The zero-order valence-corrected chi connectivity index (χ0v) is 7.90. The first-order valence-corrected chi connectivity index (χ1v) is 3.79. The van der Waals surface area contributed by atoms with Gasteiger partial charge in [-0.25, -0.2) is 4.98 Å². The minimum atomic E-state index is 0.00694. The molecule has 1 aromatic heterocycles. The van der Waals surface area contributed by atoms with E-state index in [0.717, 1.165) is 6.34 Å². The molecule has 0 saturated carbocycles. The molecular weight excluding hydrogens is 180 g/mol. The Bertz CT molecular complexity index is 312. The van der Waals surface area contributed by atoms with E-state index in [1.54, 1.807) is 12.1 Å². The Morgan fingerprint density at radius 1 is 1.71 bits per heavy atom. The van der Waals surface area contributed by atoms with Crippen LogP contribution in [0.5, 0.6) is 0 Å². The quantitative estimate of drug-likeness (QED) is 0.418. The van der Waals surface area contributed by atoms with Gasteiger partial charge in [-0.3, -0.25) is 15.2 Å². The predicted octanol–water partition coefficient (Wildman–Crippen LogP) is 1.16. The van der Waals surface area contributed by atoms with Crippen LogP contribution in [0.15, 0.2) is 23.3 Å². The summed E-state index contributed by atoms with van der Waals surface area (Å²) in [7, 11) is 0. The fourth-order valence-electron chi connectivity index (χ4n) is 0.614. The van der Waals surface area contributed by atoms with Gasteiger partial charge in [-0.05, 0) is 25.8 Å². The molecule has 0 bridgehead atoms. The highest BCUT2D eigenvalue weighted by molar-refractivity contribution is 5.93. The number of rotatable bonds is 2. The number of ketones is 1. The van der Waals surface area contributed by atoms with E-state index in [4.69, 9.17) is 11.1 Å². The molecule has 14 heavy (non-hydrogen) atoms. The summed E-state index contributed by atoms with van der Waals surface area (Å²) in [5, 5.41) is 6.10. The monoisotopic (exact) mass is 192 g/mol. The Hall–Kier alpha value is -2.04. The second-order valence-electron chi connectivity index (χ2n) is 2.34. The second kappa shape index (κ2) is 6.47. The van der Waals surface area contributed by atoms with Crippen LogP contribution in [-0.2, 0) is 0 Å². The number of carbonyl (C=O) groups is 1. The standard InChI is InChI=1S/C7H8N2O.C2H4N2/c1-5(10)6-2-3-7(8)9-4-6;1-4-2-3/h2-4H,1H3,(H2,8,9);2-3H,1H2. The molecule has 0 aliphatic carbocycles. The molecule has 0 aromatic carbocycles. The molecule has 0 aliphatic rings. The average Bonchev–Trinajstić information content (AvgIpc) is 2.19. The van der Waals surface area contributed by atoms with Gasteiger partial charge in [0.2, 0.25) is 0 Å². The van der Waals surface area contributed by atoms with Gasteiger partial charge in [-0.15, -0.1) is 0 Å². The lowest BCUT2D eigenvalue weighted by molar-refractivity contribution is 0.101. The molecule has 0 saturated heterocycles. The van der Waals surface area contributed by atoms with E-state index < -0.39 is 0 Å². The number of aromatic nitrogens is 1. The molecule has 3 N–H and O–H groups in total. The minimum Gasteiger partial charge on any atom is -0.384 e. The van der Waals surface area contributed by atoms with E-state index in [-0.39, 0.29) is 5.78 Å². The molecule has 1 aromatic rings. The van der Waals surface area contributed by atoms with E-state index >= 15 is 0 Å². The van der Waals surface area contributed by atoms with E-state index in [0.29, 0.717) is 11.4 Å². The Labute approximate surface area is 82.2 Å². The van der Waals surface area contributed by atoms with Gasteiger partial charge in [0.05, 0.1) is 0 Å². The van der Waals surface area contributed by atoms with Gasteiger partial charge in [0, 0.05) is 11.8 Å². The summed E-state index contributed by atoms with van der Waals surface area (Å²) >= 11 is 0. The fraction of sp³-hybridized carbons (Fsp3) is 0.111. The van der Waals surface area contributed by atoms with Crippen LogP contribution in [0, 0.1) is 5.41 Å². The Kier molecular flexibility index (Phi) is 5.53. The number of carbonyl (C=O) groups excluding carboxylic acids is 1. The predicted molar refractivity (Wildman–Crippen MR) is 57.0 cm³/mol. The van der Waals surface area contributed by atoms with Crippen LogP contribution in [0.3, 0.4) is 0 Å². The number of nitrogen functional groups attached to an aromatic ring is 1. The smallest absolute Gasteiger partial charge is 0.161 e. The van der Waals surface area contributed by atoms with Crippen molar-refractivity contribution in [1.29, 1.82) is 5.41 Å². The summed E-state index contributed by atoms with van der Waals surface area (Å²) in [6.45, 7) is 4.48. The summed E-state index contributed by atoms with van der Waals surface area (Å²) in [4.78, 5) is 17.5. The topological polar surface area (TPSA) is 92.2 Å². The molecule has 5 nitrogen and oxygen atoms in total. The third kappa shape index (κ3) is 4.76. The summed E-state index contributed by atoms with van der Waals surface area (Å²) in [6, 6.07) is 3.27. The van der Waals surface area contributed by atoms with E-state index in [2.05, 4.69) is 16.7 Å². The number of nitrogens with one attached hydrogen (secondary N) is 1. The van der Waals surface area contributed by atoms with Gasteiger partial charge in [0.25, 0.3) is 0 Å².